The molecule has 0 bridgehead atoms. The van der Waals surface area contributed by atoms with E-state index in [4.69, 9.17) is 14.6 Å². The van der Waals surface area contributed by atoms with Gasteiger partial charge in [-0.25, -0.2) is 0 Å². The highest BCUT2D eigenvalue weighted by atomic mass is 16.7. The van der Waals surface area contributed by atoms with Gasteiger partial charge in [0.2, 0.25) is 0 Å². The monoisotopic (exact) mass is 276 g/mol. The van der Waals surface area contributed by atoms with Gasteiger partial charge in [0.05, 0.1) is 12.7 Å². The molecule has 0 saturated carbocycles. The molecule has 1 rings (SSSR count). The zero-order valence-electron chi connectivity index (χ0n) is 11.5. The number of hydrogen-bond donors (Lipinski definition) is 3. The zero-order chi connectivity index (χ0) is 14.4. The van der Waals surface area contributed by atoms with Gasteiger partial charge in [0.1, 0.15) is 18.0 Å². The van der Waals surface area contributed by atoms with E-state index in [9.17, 15) is 15.0 Å². The molecule has 1 heterocycles. The Morgan fingerprint density at radius 1 is 1.26 bits per heavy atom. The number of rotatable bonds is 7. The molecule has 0 spiro atoms. The molecule has 1 fully saturated rings. The Hall–Kier alpha value is -0.530. The third-order valence-corrected chi connectivity index (χ3v) is 3.39. The maximum Gasteiger partial charge on any atom is 0.163 e. The summed E-state index contributed by atoms with van der Waals surface area (Å²) >= 11 is 0. The lowest BCUT2D eigenvalue weighted by Crippen LogP contribution is -2.55. The molecule has 19 heavy (non-hydrogen) atoms. The molecular formula is C13H24O6. The van der Waals surface area contributed by atoms with Crippen LogP contribution in [-0.2, 0) is 14.3 Å². The van der Waals surface area contributed by atoms with E-state index in [2.05, 4.69) is 0 Å². The van der Waals surface area contributed by atoms with Crippen molar-refractivity contribution in [3.05, 3.63) is 0 Å². The smallest absolute Gasteiger partial charge is 0.163 e. The minimum atomic E-state index is -1.10. The number of aliphatic hydroxyl groups excluding tert-OH is 3. The SMILES string of the molecule is CC(=O)CCCCOC1OC(CO)C(O)C(O)C1C. The molecule has 1 aliphatic heterocycles. The Bertz CT molecular complexity index is 280. The second-order valence-electron chi connectivity index (χ2n) is 5.10. The van der Waals surface area contributed by atoms with E-state index in [-0.39, 0.29) is 18.3 Å². The van der Waals surface area contributed by atoms with Crippen LogP contribution >= 0.6 is 0 Å². The molecule has 5 atom stereocenters. The van der Waals surface area contributed by atoms with Crippen molar-refractivity contribution in [2.45, 2.75) is 57.7 Å². The van der Waals surface area contributed by atoms with Gasteiger partial charge in [-0.1, -0.05) is 6.92 Å². The van der Waals surface area contributed by atoms with E-state index in [1.165, 1.54) is 0 Å². The van der Waals surface area contributed by atoms with E-state index < -0.39 is 24.6 Å². The number of hydrogen-bond acceptors (Lipinski definition) is 6. The number of ether oxygens (including phenoxy) is 2. The first-order valence-electron chi connectivity index (χ1n) is 6.71. The van der Waals surface area contributed by atoms with E-state index >= 15 is 0 Å². The fourth-order valence-electron chi connectivity index (χ4n) is 2.09. The molecule has 6 heteroatoms. The number of Topliss-reactive ketones (excluding diaryl/α,β-unsaturated/α-hetero) is 1. The number of carbonyl (C=O) groups is 1. The van der Waals surface area contributed by atoms with Crippen LogP contribution in [0, 0.1) is 5.92 Å². The van der Waals surface area contributed by atoms with Crippen molar-refractivity contribution in [2.24, 2.45) is 5.92 Å². The fraction of sp³-hybridized carbons (Fsp3) is 0.923. The standard InChI is InChI=1S/C13H24O6/c1-8(15)5-3-4-6-18-13-9(2)11(16)12(17)10(7-14)19-13/h9-14,16-17H,3-7H2,1-2H3. The molecule has 5 unspecified atom stereocenters. The first kappa shape index (κ1) is 16.5. The summed E-state index contributed by atoms with van der Waals surface area (Å²) in [5.74, 6) is -0.216. The lowest BCUT2D eigenvalue weighted by Gasteiger charge is -2.40. The van der Waals surface area contributed by atoms with Crippen LogP contribution in [0.3, 0.4) is 0 Å². The van der Waals surface area contributed by atoms with Gasteiger partial charge in [0, 0.05) is 18.9 Å². The zero-order valence-corrected chi connectivity index (χ0v) is 11.5. The third-order valence-electron chi connectivity index (χ3n) is 3.39. The summed E-state index contributed by atoms with van der Waals surface area (Å²) in [6.45, 7) is 3.33. The maximum atomic E-state index is 10.8. The molecule has 3 N–H and O–H groups in total. The van der Waals surface area contributed by atoms with Crippen molar-refractivity contribution in [3.8, 4) is 0 Å². The Morgan fingerprint density at radius 3 is 2.53 bits per heavy atom. The number of aliphatic hydroxyl groups is 3. The van der Waals surface area contributed by atoms with E-state index in [1.54, 1.807) is 13.8 Å². The summed E-state index contributed by atoms with van der Waals surface area (Å²) in [4.78, 5) is 10.8. The number of unbranched alkanes of at least 4 members (excludes halogenated alkanes) is 1. The van der Waals surface area contributed by atoms with Gasteiger partial charge in [0.25, 0.3) is 0 Å². The highest BCUT2D eigenvalue weighted by Crippen LogP contribution is 2.26. The normalized spacial score (nSPS) is 35.3. The maximum absolute atomic E-state index is 10.8. The fourth-order valence-corrected chi connectivity index (χ4v) is 2.09. The van der Waals surface area contributed by atoms with E-state index in [0.717, 1.165) is 12.8 Å². The molecule has 0 amide bonds. The first-order chi connectivity index (χ1) is 8.97. The van der Waals surface area contributed by atoms with Gasteiger partial charge in [-0.15, -0.1) is 0 Å². The molecule has 112 valence electrons. The summed E-state index contributed by atoms with van der Waals surface area (Å²) in [7, 11) is 0. The highest BCUT2D eigenvalue weighted by Gasteiger charge is 2.42. The molecule has 0 aliphatic carbocycles. The van der Waals surface area contributed by atoms with Gasteiger partial charge in [-0.3, -0.25) is 0 Å². The van der Waals surface area contributed by atoms with Crippen molar-refractivity contribution in [3.63, 3.8) is 0 Å². The molecule has 0 radical (unpaired) electrons. The molecule has 6 nitrogen and oxygen atoms in total. The molecule has 0 aromatic rings. The number of ketones is 1. The van der Waals surface area contributed by atoms with Gasteiger partial charge >= 0.3 is 0 Å². The van der Waals surface area contributed by atoms with Crippen LogP contribution in [0.25, 0.3) is 0 Å². The van der Waals surface area contributed by atoms with Crippen molar-refractivity contribution < 1.29 is 29.6 Å². The molecule has 1 aliphatic rings. The second kappa shape index (κ2) is 7.91. The molecule has 0 aromatic carbocycles. The van der Waals surface area contributed by atoms with Crippen molar-refractivity contribution in [2.75, 3.05) is 13.2 Å². The summed E-state index contributed by atoms with van der Waals surface area (Å²) in [5, 5.41) is 28.6. The summed E-state index contributed by atoms with van der Waals surface area (Å²) in [6, 6.07) is 0. The number of carbonyl (C=O) groups excluding carboxylic acids is 1. The van der Waals surface area contributed by atoms with E-state index in [1.807, 2.05) is 0 Å². The predicted molar refractivity (Wildman–Crippen MR) is 67.4 cm³/mol. The van der Waals surface area contributed by atoms with Gasteiger partial charge in [-0.05, 0) is 19.8 Å². The van der Waals surface area contributed by atoms with Crippen LogP contribution in [0.2, 0.25) is 0 Å². The second-order valence-corrected chi connectivity index (χ2v) is 5.10. The molecule has 1 saturated heterocycles. The summed E-state index contributed by atoms with van der Waals surface area (Å²) in [5.41, 5.74) is 0. The Balaban J connectivity index is 2.33. The van der Waals surface area contributed by atoms with Crippen molar-refractivity contribution in [1.82, 2.24) is 0 Å². The van der Waals surface area contributed by atoms with Gasteiger partial charge in [-0.2, -0.15) is 0 Å². The lowest BCUT2D eigenvalue weighted by atomic mass is 9.92. The Morgan fingerprint density at radius 2 is 1.95 bits per heavy atom. The van der Waals surface area contributed by atoms with Crippen LogP contribution in [0.15, 0.2) is 0 Å². The largest absolute Gasteiger partial charge is 0.394 e. The van der Waals surface area contributed by atoms with Crippen LogP contribution in [0.1, 0.15) is 33.1 Å². The third kappa shape index (κ3) is 4.81. The quantitative estimate of drug-likeness (QED) is 0.559. The minimum Gasteiger partial charge on any atom is -0.394 e. The highest BCUT2D eigenvalue weighted by molar-refractivity contribution is 5.75. The van der Waals surface area contributed by atoms with Crippen LogP contribution in [0.5, 0.6) is 0 Å². The van der Waals surface area contributed by atoms with Crippen LogP contribution < -0.4 is 0 Å². The van der Waals surface area contributed by atoms with Gasteiger partial charge in [0.15, 0.2) is 6.29 Å². The summed E-state index contributed by atoms with van der Waals surface area (Å²) in [6.07, 6.45) is -1.53. The molecular weight excluding hydrogens is 252 g/mol. The summed E-state index contributed by atoms with van der Waals surface area (Å²) < 4.78 is 10.9. The predicted octanol–water partition coefficient (Wildman–Crippen LogP) is -0.163. The minimum absolute atomic E-state index is 0.154. The van der Waals surface area contributed by atoms with Gasteiger partial charge < -0.3 is 29.6 Å². The first-order valence-corrected chi connectivity index (χ1v) is 6.71. The topological polar surface area (TPSA) is 96.2 Å². The van der Waals surface area contributed by atoms with Crippen LogP contribution in [0.4, 0.5) is 0 Å². The average molecular weight is 276 g/mol. The van der Waals surface area contributed by atoms with Crippen molar-refractivity contribution in [1.29, 1.82) is 0 Å². The van der Waals surface area contributed by atoms with Crippen LogP contribution in [-0.4, -0.2) is 58.9 Å². The Kier molecular flexibility index (Phi) is 6.88. The average Bonchev–Trinajstić information content (AvgIpc) is 2.37. The molecule has 0 aromatic heterocycles. The van der Waals surface area contributed by atoms with Crippen molar-refractivity contribution >= 4 is 5.78 Å². The Labute approximate surface area is 113 Å². The lowest BCUT2D eigenvalue weighted by molar-refractivity contribution is -0.282. The van der Waals surface area contributed by atoms with E-state index in [0.29, 0.717) is 13.0 Å².